The summed E-state index contributed by atoms with van der Waals surface area (Å²) in [6.45, 7) is 15.1. The Balaban J connectivity index is 2.34. The van der Waals surface area contributed by atoms with Gasteiger partial charge in [0.25, 0.3) is 0 Å². The quantitative estimate of drug-likeness (QED) is 0.794. The highest BCUT2D eigenvalue weighted by Gasteiger charge is 2.52. The summed E-state index contributed by atoms with van der Waals surface area (Å²) in [6.07, 6.45) is 0. The van der Waals surface area contributed by atoms with E-state index in [1.165, 1.54) is 5.56 Å². The Hall–Kier alpha value is -0.995. The normalized spacial score (nSPS) is 20.2. The van der Waals surface area contributed by atoms with E-state index in [0.29, 0.717) is 6.61 Å². The molecule has 0 amide bonds. The molecule has 0 N–H and O–H groups in total. The molecule has 0 bridgehead atoms. The summed E-state index contributed by atoms with van der Waals surface area (Å²) < 4.78 is 17.9. The zero-order valence-electron chi connectivity index (χ0n) is 13.7. The van der Waals surface area contributed by atoms with Crippen molar-refractivity contribution < 1.29 is 14.0 Å². The Kier molecular flexibility index (Phi) is 3.91. The maximum atomic E-state index is 6.12. The van der Waals surface area contributed by atoms with Crippen LogP contribution in [0.2, 0.25) is 0 Å². The van der Waals surface area contributed by atoms with Crippen LogP contribution in [-0.4, -0.2) is 24.9 Å². The van der Waals surface area contributed by atoms with Crippen molar-refractivity contribution in [3.05, 3.63) is 23.3 Å². The van der Waals surface area contributed by atoms with E-state index in [9.17, 15) is 0 Å². The van der Waals surface area contributed by atoms with E-state index in [1.54, 1.807) is 0 Å². The zero-order valence-corrected chi connectivity index (χ0v) is 13.7. The number of benzene rings is 1. The summed E-state index contributed by atoms with van der Waals surface area (Å²) in [7, 11) is -0.311. The van der Waals surface area contributed by atoms with Crippen molar-refractivity contribution in [2.24, 2.45) is 0 Å². The minimum atomic E-state index is -0.311. The Morgan fingerprint density at radius 1 is 1.00 bits per heavy atom. The van der Waals surface area contributed by atoms with Crippen LogP contribution >= 0.6 is 0 Å². The molecule has 3 nitrogen and oxygen atoms in total. The highest BCUT2D eigenvalue weighted by Crippen LogP contribution is 2.37. The molecule has 0 unspecified atom stereocenters. The van der Waals surface area contributed by atoms with E-state index in [2.05, 4.69) is 47.6 Å². The van der Waals surface area contributed by atoms with Crippen molar-refractivity contribution in [3.63, 3.8) is 0 Å². The highest BCUT2D eigenvalue weighted by molar-refractivity contribution is 6.62. The summed E-state index contributed by atoms with van der Waals surface area (Å²) in [4.78, 5) is 0. The van der Waals surface area contributed by atoms with Gasteiger partial charge in [0, 0.05) is 0 Å². The topological polar surface area (TPSA) is 27.7 Å². The van der Waals surface area contributed by atoms with Crippen LogP contribution in [0.25, 0.3) is 0 Å². The van der Waals surface area contributed by atoms with E-state index in [0.717, 1.165) is 16.8 Å². The van der Waals surface area contributed by atoms with Crippen molar-refractivity contribution in [1.29, 1.82) is 0 Å². The molecule has 2 rings (SSSR count). The summed E-state index contributed by atoms with van der Waals surface area (Å²) >= 11 is 0. The second-order valence-electron chi connectivity index (χ2n) is 6.42. The van der Waals surface area contributed by atoms with Gasteiger partial charge in [-0.15, -0.1) is 0 Å². The minimum absolute atomic E-state index is 0.309. The smallest absolute Gasteiger partial charge is 0.494 e. The highest BCUT2D eigenvalue weighted by atomic mass is 16.7. The predicted molar refractivity (Wildman–Crippen MR) is 82.8 cm³/mol. The standard InChI is InChI=1S/C16H25BO3/c1-8-18-14-10-9-13(11(2)12(14)3)17-19-15(4,5)16(6,7)20-17/h9-10H,8H2,1-7H3. The monoisotopic (exact) mass is 276 g/mol. The molecule has 1 aliphatic heterocycles. The zero-order chi connectivity index (χ0) is 15.1. The second kappa shape index (κ2) is 5.08. The van der Waals surface area contributed by atoms with Gasteiger partial charge in [-0.05, 0) is 71.1 Å². The van der Waals surface area contributed by atoms with E-state index in [4.69, 9.17) is 14.0 Å². The number of ether oxygens (including phenoxy) is 1. The van der Waals surface area contributed by atoms with E-state index in [-0.39, 0.29) is 18.3 Å². The number of rotatable bonds is 3. The lowest BCUT2D eigenvalue weighted by atomic mass is 9.75. The molecule has 0 spiro atoms. The van der Waals surface area contributed by atoms with Crippen LogP contribution in [0.3, 0.4) is 0 Å². The molecule has 1 saturated heterocycles. The fraction of sp³-hybridized carbons (Fsp3) is 0.625. The van der Waals surface area contributed by atoms with Gasteiger partial charge in [-0.3, -0.25) is 0 Å². The Labute approximate surface area is 122 Å². The third kappa shape index (κ3) is 2.47. The van der Waals surface area contributed by atoms with Gasteiger partial charge in [0.05, 0.1) is 17.8 Å². The molecule has 20 heavy (non-hydrogen) atoms. The molecule has 1 fully saturated rings. The van der Waals surface area contributed by atoms with Gasteiger partial charge in [-0.25, -0.2) is 0 Å². The maximum absolute atomic E-state index is 6.12. The molecule has 110 valence electrons. The van der Waals surface area contributed by atoms with Crippen LogP contribution in [0.1, 0.15) is 45.7 Å². The minimum Gasteiger partial charge on any atom is -0.494 e. The van der Waals surface area contributed by atoms with E-state index >= 15 is 0 Å². The Morgan fingerprint density at radius 2 is 1.55 bits per heavy atom. The van der Waals surface area contributed by atoms with Crippen molar-refractivity contribution >= 4 is 12.6 Å². The lowest BCUT2D eigenvalue weighted by Crippen LogP contribution is -2.41. The average molecular weight is 276 g/mol. The molecular weight excluding hydrogens is 251 g/mol. The second-order valence-corrected chi connectivity index (χ2v) is 6.42. The third-order valence-corrected chi connectivity index (χ3v) is 4.59. The van der Waals surface area contributed by atoms with E-state index in [1.807, 2.05) is 13.0 Å². The fourth-order valence-corrected chi connectivity index (χ4v) is 2.35. The van der Waals surface area contributed by atoms with Crippen LogP contribution < -0.4 is 10.2 Å². The largest absolute Gasteiger partial charge is 0.495 e. The van der Waals surface area contributed by atoms with Crippen LogP contribution in [0, 0.1) is 13.8 Å². The van der Waals surface area contributed by atoms with Gasteiger partial charge in [0.15, 0.2) is 0 Å². The van der Waals surface area contributed by atoms with Gasteiger partial charge in [0.2, 0.25) is 0 Å². The summed E-state index contributed by atoms with van der Waals surface area (Å²) in [5, 5.41) is 0. The summed E-state index contributed by atoms with van der Waals surface area (Å²) in [5.41, 5.74) is 2.80. The molecular formula is C16H25BO3. The Morgan fingerprint density at radius 3 is 2.05 bits per heavy atom. The van der Waals surface area contributed by atoms with Crippen molar-refractivity contribution in [2.45, 2.75) is 59.7 Å². The van der Waals surface area contributed by atoms with Crippen molar-refractivity contribution in [3.8, 4) is 5.75 Å². The van der Waals surface area contributed by atoms with Gasteiger partial charge < -0.3 is 14.0 Å². The fourth-order valence-electron chi connectivity index (χ4n) is 2.35. The molecule has 1 aromatic carbocycles. The number of hydrogen-bond acceptors (Lipinski definition) is 3. The van der Waals surface area contributed by atoms with Gasteiger partial charge in [-0.1, -0.05) is 6.07 Å². The SMILES string of the molecule is CCOc1ccc(B2OC(C)(C)C(C)(C)O2)c(C)c1C. The third-order valence-electron chi connectivity index (χ3n) is 4.59. The first kappa shape index (κ1) is 15.4. The molecule has 0 atom stereocenters. The van der Waals surface area contributed by atoms with Crippen molar-refractivity contribution in [2.75, 3.05) is 6.61 Å². The average Bonchev–Trinajstić information content (AvgIpc) is 2.55. The van der Waals surface area contributed by atoms with Crippen LogP contribution in [0.15, 0.2) is 12.1 Å². The Bertz CT molecular complexity index is 493. The first-order valence-corrected chi connectivity index (χ1v) is 7.28. The van der Waals surface area contributed by atoms with Crippen molar-refractivity contribution in [1.82, 2.24) is 0 Å². The molecule has 1 heterocycles. The number of hydrogen-bond donors (Lipinski definition) is 0. The first-order chi connectivity index (χ1) is 9.19. The molecule has 0 aliphatic carbocycles. The van der Waals surface area contributed by atoms with Gasteiger partial charge >= 0.3 is 7.12 Å². The molecule has 4 heteroatoms. The first-order valence-electron chi connectivity index (χ1n) is 7.28. The maximum Gasteiger partial charge on any atom is 0.495 e. The molecule has 1 aliphatic rings. The lowest BCUT2D eigenvalue weighted by Gasteiger charge is -2.32. The predicted octanol–water partition coefficient (Wildman–Crippen LogP) is 3.00. The molecule has 0 aromatic heterocycles. The van der Waals surface area contributed by atoms with Gasteiger partial charge in [-0.2, -0.15) is 0 Å². The van der Waals surface area contributed by atoms with Gasteiger partial charge in [0.1, 0.15) is 5.75 Å². The van der Waals surface area contributed by atoms with E-state index < -0.39 is 0 Å². The molecule has 0 saturated carbocycles. The van der Waals surface area contributed by atoms with Crippen LogP contribution in [0.5, 0.6) is 5.75 Å². The van der Waals surface area contributed by atoms with Crippen LogP contribution in [-0.2, 0) is 9.31 Å². The summed E-state index contributed by atoms with van der Waals surface area (Å²) in [5.74, 6) is 0.935. The summed E-state index contributed by atoms with van der Waals surface area (Å²) in [6, 6.07) is 4.06. The molecule has 1 aromatic rings. The molecule has 0 radical (unpaired) electrons. The lowest BCUT2D eigenvalue weighted by molar-refractivity contribution is 0.00578. The van der Waals surface area contributed by atoms with Crippen LogP contribution in [0.4, 0.5) is 0 Å².